The Labute approximate surface area is 111 Å². The van der Waals surface area contributed by atoms with Crippen LogP contribution >= 0.6 is 0 Å². The van der Waals surface area contributed by atoms with Crippen LogP contribution in [0.15, 0.2) is 30.3 Å². The Morgan fingerprint density at radius 2 is 1.83 bits per heavy atom. The summed E-state index contributed by atoms with van der Waals surface area (Å²) >= 11 is 0. The van der Waals surface area contributed by atoms with E-state index < -0.39 is 0 Å². The van der Waals surface area contributed by atoms with Crippen molar-refractivity contribution in [3.63, 3.8) is 0 Å². The van der Waals surface area contributed by atoms with E-state index in [-0.39, 0.29) is 0 Å². The van der Waals surface area contributed by atoms with E-state index in [0.29, 0.717) is 12.0 Å². The first-order valence-electron chi connectivity index (χ1n) is 6.56. The maximum absolute atomic E-state index is 5.14. The Morgan fingerprint density at radius 1 is 1.17 bits per heavy atom. The van der Waals surface area contributed by atoms with Crippen LogP contribution in [0.4, 0.5) is 0 Å². The molecule has 1 rings (SSSR count). The van der Waals surface area contributed by atoms with Crippen molar-refractivity contribution in [2.75, 3.05) is 40.9 Å². The molecule has 0 aliphatic heterocycles. The summed E-state index contributed by atoms with van der Waals surface area (Å²) in [6.07, 6.45) is 0. The van der Waals surface area contributed by atoms with E-state index in [1.165, 1.54) is 5.56 Å². The van der Waals surface area contributed by atoms with Crippen molar-refractivity contribution in [2.45, 2.75) is 13.0 Å². The lowest BCUT2D eigenvalue weighted by Gasteiger charge is -2.26. The number of hydrogen-bond donors (Lipinski definition) is 1. The van der Waals surface area contributed by atoms with Crippen molar-refractivity contribution in [1.82, 2.24) is 10.2 Å². The van der Waals surface area contributed by atoms with Gasteiger partial charge in [-0.05, 0) is 32.1 Å². The molecule has 0 saturated carbocycles. The molecule has 18 heavy (non-hydrogen) atoms. The molecule has 0 bridgehead atoms. The minimum atomic E-state index is 0.418. The van der Waals surface area contributed by atoms with Crippen LogP contribution in [0.1, 0.15) is 18.5 Å². The fourth-order valence-electron chi connectivity index (χ4n) is 2.08. The van der Waals surface area contributed by atoms with Crippen LogP contribution in [0.5, 0.6) is 0 Å². The normalized spacial score (nSPS) is 14.7. The third-order valence-corrected chi connectivity index (χ3v) is 3.09. The van der Waals surface area contributed by atoms with Crippen molar-refractivity contribution in [1.29, 1.82) is 0 Å². The first-order valence-corrected chi connectivity index (χ1v) is 6.56. The molecule has 0 amide bonds. The van der Waals surface area contributed by atoms with E-state index in [1.54, 1.807) is 7.11 Å². The minimum absolute atomic E-state index is 0.418. The van der Waals surface area contributed by atoms with E-state index in [2.05, 4.69) is 61.6 Å². The summed E-state index contributed by atoms with van der Waals surface area (Å²) in [6.45, 7) is 4.96. The number of nitrogens with one attached hydrogen (secondary N) is 1. The molecule has 1 N–H and O–H groups in total. The molecule has 2 atom stereocenters. The fraction of sp³-hybridized carbons (Fsp3) is 0.600. The number of likely N-dealkylation sites (N-methyl/N-ethyl adjacent to an activating group) is 1. The molecule has 0 radical (unpaired) electrons. The average Bonchev–Trinajstić information content (AvgIpc) is 2.35. The van der Waals surface area contributed by atoms with E-state index in [4.69, 9.17) is 4.74 Å². The van der Waals surface area contributed by atoms with Gasteiger partial charge in [-0.15, -0.1) is 0 Å². The second kappa shape index (κ2) is 8.25. The summed E-state index contributed by atoms with van der Waals surface area (Å²) in [5.41, 5.74) is 1.36. The van der Waals surface area contributed by atoms with Crippen LogP contribution < -0.4 is 5.32 Å². The Hall–Kier alpha value is -0.900. The number of nitrogens with zero attached hydrogens (tertiary/aromatic N) is 1. The van der Waals surface area contributed by atoms with Crippen molar-refractivity contribution in [3.8, 4) is 0 Å². The molecule has 0 aliphatic carbocycles. The van der Waals surface area contributed by atoms with Gasteiger partial charge in [-0.2, -0.15) is 0 Å². The molecule has 1 aromatic rings. The van der Waals surface area contributed by atoms with Gasteiger partial charge in [0.25, 0.3) is 0 Å². The Balaban J connectivity index is 2.45. The summed E-state index contributed by atoms with van der Waals surface area (Å²) < 4.78 is 5.14. The zero-order valence-electron chi connectivity index (χ0n) is 12.0. The van der Waals surface area contributed by atoms with Crippen molar-refractivity contribution >= 4 is 0 Å². The lowest BCUT2D eigenvalue weighted by atomic mass is 10.1. The van der Waals surface area contributed by atoms with Gasteiger partial charge in [0, 0.05) is 26.3 Å². The first kappa shape index (κ1) is 15.2. The van der Waals surface area contributed by atoms with E-state index in [0.717, 1.165) is 19.7 Å². The number of methoxy groups -OCH3 is 1. The lowest BCUT2D eigenvalue weighted by Crippen LogP contribution is -2.33. The zero-order chi connectivity index (χ0) is 13.4. The van der Waals surface area contributed by atoms with Crippen LogP contribution in [-0.4, -0.2) is 45.8 Å². The molecule has 3 nitrogen and oxygen atoms in total. The average molecular weight is 250 g/mol. The van der Waals surface area contributed by atoms with Crippen molar-refractivity contribution < 1.29 is 4.74 Å². The SMILES string of the molecule is COCC(C)CNCC(c1ccccc1)N(C)C. The predicted octanol–water partition coefficient (Wildman–Crippen LogP) is 2.16. The van der Waals surface area contributed by atoms with Crippen LogP contribution in [0.3, 0.4) is 0 Å². The van der Waals surface area contributed by atoms with Gasteiger partial charge in [0.05, 0.1) is 0 Å². The molecule has 0 spiro atoms. The number of benzene rings is 1. The van der Waals surface area contributed by atoms with Crippen molar-refractivity contribution in [2.24, 2.45) is 5.92 Å². The molecular formula is C15H26N2O. The summed E-state index contributed by atoms with van der Waals surface area (Å²) in [6, 6.07) is 11.0. The summed E-state index contributed by atoms with van der Waals surface area (Å²) in [5, 5.41) is 3.53. The number of rotatable bonds is 8. The maximum atomic E-state index is 5.14. The molecule has 0 saturated heterocycles. The number of ether oxygens (including phenoxy) is 1. The summed E-state index contributed by atoms with van der Waals surface area (Å²) in [4.78, 5) is 2.25. The van der Waals surface area contributed by atoms with Gasteiger partial charge in [0.1, 0.15) is 0 Å². The Morgan fingerprint density at radius 3 is 2.39 bits per heavy atom. The Bertz CT molecular complexity index is 314. The van der Waals surface area contributed by atoms with Crippen molar-refractivity contribution in [3.05, 3.63) is 35.9 Å². The second-order valence-corrected chi connectivity index (χ2v) is 5.11. The van der Waals surface area contributed by atoms with Crippen LogP contribution in [0.25, 0.3) is 0 Å². The molecule has 0 aliphatic rings. The molecule has 0 heterocycles. The summed E-state index contributed by atoms with van der Waals surface area (Å²) in [7, 11) is 6.00. The molecule has 102 valence electrons. The van der Waals surface area contributed by atoms with Gasteiger partial charge in [0.2, 0.25) is 0 Å². The highest BCUT2D eigenvalue weighted by Gasteiger charge is 2.13. The lowest BCUT2D eigenvalue weighted by molar-refractivity contribution is 0.157. The molecule has 0 aromatic heterocycles. The smallest absolute Gasteiger partial charge is 0.0499 e. The van der Waals surface area contributed by atoms with Gasteiger partial charge in [-0.3, -0.25) is 0 Å². The minimum Gasteiger partial charge on any atom is -0.384 e. The predicted molar refractivity (Wildman–Crippen MR) is 76.8 cm³/mol. The van der Waals surface area contributed by atoms with Gasteiger partial charge in [-0.25, -0.2) is 0 Å². The first-order chi connectivity index (χ1) is 8.65. The van der Waals surface area contributed by atoms with Gasteiger partial charge in [0.15, 0.2) is 0 Å². The van der Waals surface area contributed by atoms with Gasteiger partial charge >= 0.3 is 0 Å². The topological polar surface area (TPSA) is 24.5 Å². The van der Waals surface area contributed by atoms with Gasteiger partial charge < -0.3 is 15.0 Å². The molecule has 0 fully saturated rings. The van der Waals surface area contributed by atoms with E-state index in [9.17, 15) is 0 Å². The zero-order valence-corrected chi connectivity index (χ0v) is 12.0. The standard InChI is InChI=1S/C15H26N2O/c1-13(12-18-4)10-16-11-15(17(2)3)14-8-6-5-7-9-14/h5-9,13,15-16H,10-12H2,1-4H3. The molecule has 2 unspecified atom stereocenters. The van der Waals surface area contributed by atoms with E-state index >= 15 is 0 Å². The highest BCUT2D eigenvalue weighted by Crippen LogP contribution is 2.16. The third kappa shape index (κ3) is 5.17. The quantitative estimate of drug-likeness (QED) is 0.765. The molecule has 1 aromatic carbocycles. The highest BCUT2D eigenvalue weighted by atomic mass is 16.5. The highest BCUT2D eigenvalue weighted by molar-refractivity contribution is 5.19. The monoisotopic (exact) mass is 250 g/mol. The molecular weight excluding hydrogens is 224 g/mol. The van der Waals surface area contributed by atoms with Crippen LogP contribution in [-0.2, 0) is 4.74 Å². The maximum Gasteiger partial charge on any atom is 0.0499 e. The van der Waals surface area contributed by atoms with Crippen LogP contribution in [0.2, 0.25) is 0 Å². The third-order valence-electron chi connectivity index (χ3n) is 3.09. The largest absolute Gasteiger partial charge is 0.384 e. The van der Waals surface area contributed by atoms with Gasteiger partial charge in [-0.1, -0.05) is 37.3 Å². The van der Waals surface area contributed by atoms with E-state index in [1.807, 2.05) is 0 Å². The summed E-state index contributed by atoms with van der Waals surface area (Å²) in [5.74, 6) is 0.550. The fourth-order valence-corrected chi connectivity index (χ4v) is 2.08. The number of hydrogen-bond acceptors (Lipinski definition) is 3. The molecule has 3 heteroatoms. The second-order valence-electron chi connectivity index (χ2n) is 5.11. The Kier molecular flexibility index (Phi) is 6.94. The van der Waals surface area contributed by atoms with Crippen LogP contribution in [0, 0.1) is 5.92 Å².